The first-order valence-electron chi connectivity index (χ1n) is 8.65. The Morgan fingerprint density at radius 1 is 1.07 bits per heavy atom. The molecule has 3 rings (SSSR count). The summed E-state index contributed by atoms with van der Waals surface area (Å²) in [5.74, 6) is 0.508. The van der Waals surface area contributed by atoms with E-state index in [-0.39, 0.29) is 18.3 Å². The Hall–Kier alpha value is -3.41. The van der Waals surface area contributed by atoms with Crippen LogP contribution in [-0.2, 0) is 16.0 Å². The first-order chi connectivity index (χ1) is 13.1. The fourth-order valence-electron chi connectivity index (χ4n) is 2.56. The normalized spacial score (nSPS) is 10.4. The largest absolute Gasteiger partial charge is 0.462 e. The SMILES string of the molecule is CCOC(=O)c1ccc(NC(=O)Cc2nc(-c3ccccc3)oc2C)cc1. The molecule has 138 valence electrons. The van der Waals surface area contributed by atoms with Crippen LogP contribution >= 0.6 is 0 Å². The standard InChI is InChI=1S/C21H20N2O4/c1-3-26-21(25)16-9-11-17(12-10-16)22-19(24)13-18-14(2)27-20(23-18)15-7-5-4-6-8-15/h4-12H,3,13H2,1-2H3,(H,22,24). The number of rotatable bonds is 6. The van der Waals surface area contributed by atoms with Gasteiger partial charge in [-0.15, -0.1) is 0 Å². The molecule has 2 aromatic carbocycles. The number of benzene rings is 2. The van der Waals surface area contributed by atoms with Gasteiger partial charge in [0.05, 0.1) is 24.3 Å². The number of esters is 1. The molecular weight excluding hydrogens is 344 g/mol. The number of ether oxygens (including phenoxy) is 1. The smallest absolute Gasteiger partial charge is 0.338 e. The van der Waals surface area contributed by atoms with Crippen LogP contribution in [0, 0.1) is 6.92 Å². The van der Waals surface area contributed by atoms with Crippen molar-refractivity contribution in [3.63, 3.8) is 0 Å². The molecule has 1 N–H and O–H groups in total. The van der Waals surface area contributed by atoms with Gasteiger partial charge in [-0.3, -0.25) is 4.79 Å². The molecule has 0 radical (unpaired) electrons. The molecule has 0 saturated heterocycles. The second kappa shape index (κ2) is 8.31. The van der Waals surface area contributed by atoms with Crippen molar-refractivity contribution in [1.29, 1.82) is 0 Å². The lowest BCUT2D eigenvalue weighted by Gasteiger charge is -2.06. The zero-order valence-corrected chi connectivity index (χ0v) is 15.2. The summed E-state index contributed by atoms with van der Waals surface area (Å²) in [6.45, 7) is 3.86. The predicted molar refractivity (Wildman–Crippen MR) is 101 cm³/mol. The molecule has 0 fully saturated rings. The molecule has 0 aliphatic rings. The Bertz CT molecular complexity index is 931. The number of nitrogens with one attached hydrogen (secondary N) is 1. The lowest BCUT2D eigenvalue weighted by molar-refractivity contribution is -0.115. The number of anilines is 1. The number of carbonyl (C=O) groups excluding carboxylic acids is 2. The molecule has 0 saturated carbocycles. The number of nitrogens with zero attached hydrogens (tertiary/aromatic N) is 1. The highest BCUT2D eigenvalue weighted by molar-refractivity contribution is 5.94. The molecule has 0 unspecified atom stereocenters. The molecule has 0 aliphatic heterocycles. The van der Waals surface area contributed by atoms with Crippen molar-refractivity contribution >= 4 is 17.6 Å². The zero-order valence-electron chi connectivity index (χ0n) is 15.2. The van der Waals surface area contributed by atoms with Crippen molar-refractivity contribution in [1.82, 2.24) is 4.98 Å². The Morgan fingerprint density at radius 3 is 2.44 bits per heavy atom. The minimum atomic E-state index is -0.387. The van der Waals surface area contributed by atoms with Gasteiger partial charge in [0.15, 0.2) is 0 Å². The maximum atomic E-state index is 12.3. The van der Waals surface area contributed by atoms with Gasteiger partial charge >= 0.3 is 5.97 Å². The maximum absolute atomic E-state index is 12.3. The van der Waals surface area contributed by atoms with Crippen LogP contribution in [0.5, 0.6) is 0 Å². The predicted octanol–water partition coefficient (Wildman–Crippen LogP) is 4.01. The number of carbonyl (C=O) groups is 2. The van der Waals surface area contributed by atoms with Gasteiger partial charge in [0.2, 0.25) is 11.8 Å². The Kier molecular flexibility index (Phi) is 5.66. The van der Waals surface area contributed by atoms with Gasteiger partial charge in [0, 0.05) is 11.3 Å². The van der Waals surface area contributed by atoms with Gasteiger partial charge in [-0.1, -0.05) is 18.2 Å². The average molecular weight is 364 g/mol. The molecule has 6 nitrogen and oxygen atoms in total. The van der Waals surface area contributed by atoms with E-state index >= 15 is 0 Å². The molecule has 0 aliphatic carbocycles. The average Bonchev–Trinajstić information content (AvgIpc) is 3.03. The van der Waals surface area contributed by atoms with Crippen LogP contribution in [0.4, 0.5) is 5.69 Å². The fraction of sp³-hybridized carbons (Fsp3) is 0.190. The summed E-state index contributed by atoms with van der Waals surface area (Å²) in [5.41, 5.74) is 2.49. The van der Waals surface area contributed by atoms with Gasteiger partial charge in [0.1, 0.15) is 5.76 Å². The maximum Gasteiger partial charge on any atom is 0.338 e. The van der Waals surface area contributed by atoms with Gasteiger partial charge in [-0.05, 0) is 50.2 Å². The van der Waals surface area contributed by atoms with Gasteiger partial charge in [-0.2, -0.15) is 0 Å². The number of oxazole rings is 1. The second-order valence-electron chi connectivity index (χ2n) is 5.91. The van der Waals surface area contributed by atoms with E-state index < -0.39 is 0 Å². The monoisotopic (exact) mass is 364 g/mol. The van der Waals surface area contributed by atoms with E-state index in [0.29, 0.717) is 35.2 Å². The number of amides is 1. The summed E-state index contributed by atoms with van der Waals surface area (Å²) in [4.78, 5) is 28.4. The van der Waals surface area contributed by atoms with Crippen LogP contribution in [0.3, 0.4) is 0 Å². The van der Waals surface area contributed by atoms with E-state index in [2.05, 4.69) is 10.3 Å². The molecule has 6 heteroatoms. The van der Waals surface area contributed by atoms with E-state index in [1.807, 2.05) is 30.3 Å². The highest BCUT2D eigenvalue weighted by Gasteiger charge is 2.15. The summed E-state index contributed by atoms with van der Waals surface area (Å²) in [6.07, 6.45) is 0.0990. The van der Waals surface area contributed by atoms with Crippen LogP contribution in [0.25, 0.3) is 11.5 Å². The van der Waals surface area contributed by atoms with Crippen LogP contribution in [0.15, 0.2) is 59.0 Å². The summed E-state index contributed by atoms with van der Waals surface area (Å²) in [6, 6.07) is 16.1. The lowest BCUT2D eigenvalue weighted by atomic mass is 10.2. The number of aryl methyl sites for hydroxylation is 1. The van der Waals surface area contributed by atoms with E-state index in [1.54, 1.807) is 38.1 Å². The Morgan fingerprint density at radius 2 is 1.78 bits per heavy atom. The molecule has 0 spiro atoms. The third kappa shape index (κ3) is 4.61. The van der Waals surface area contributed by atoms with Crippen molar-refractivity contribution in [2.45, 2.75) is 20.3 Å². The number of hydrogen-bond acceptors (Lipinski definition) is 5. The van der Waals surface area contributed by atoms with Gasteiger partial charge < -0.3 is 14.5 Å². The van der Waals surface area contributed by atoms with Crippen LogP contribution in [0.1, 0.15) is 28.7 Å². The molecule has 0 atom stereocenters. The molecule has 1 amide bonds. The number of aromatic nitrogens is 1. The highest BCUT2D eigenvalue weighted by atomic mass is 16.5. The third-order valence-corrected chi connectivity index (χ3v) is 3.92. The van der Waals surface area contributed by atoms with Crippen LogP contribution < -0.4 is 5.32 Å². The summed E-state index contributed by atoms with van der Waals surface area (Å²) in [5, 5.41) is 2.79. The highest BCUT2D eigenvalue weighted by Crippen LogP contribution is 2.22. The lowest BCUT2D eigenvalue weighted by Crippen LogP contribution is -2.15. The van der Waals surface area contributed by atoms with Crippen molar-refractivity contribution in [2.75, 3.05) is 11.9 Å². The fourth-order valence-corrected chi connectivity index (χ4v) is 2.56. The van der Waals surface area contributed by atoms with Crippen molar-refractivity contribution in [3.8, 4) is 11.5 Å². The molecular formula is C21H20N2O4. The molecule has 1 heterocycles. The van der Waals surface area contributed by atoms with E-state index in [0.717, 1.165) is 5.56 Å². The minimum absolute atomic E-state index is 0.0990. The van der Waals surface area contributed by atoms with E-state index in [4.69, 9.17) is 9.15 Å². The van der Waals surface area contributed by atoms with E-state index in [1.165, 1.54) is 0 Å². The minimum Gasteiger partial charge on any atom is -0.462 e. The molecule has 0 bridgehead atoms. The van der Waals surface area contributed by atoms with Crippen molar-refractivity contribution in [3.05, 3.63) is 71.6 Å². The molecule has 3 aromatic rings. The van der Waals surface area contributed by atoms with Crippen LogP contribution in [-0.4, -0.2) is 23.5 Å². The second-order valence-corrected chi connectivity index (χ2v) is 5.91. The van der Waals surface area contributed by atoms with Crippen molar-refractivity contribution in [2.24, 2.45) is 0 Å². The summed E-state index contributed by atoms with van der Waals surface area (Å²) in [7, 11) is 0. The summed E-state index contributed by atoms with van der Waals surface area (Å²) >= 11 is 0. The van der Waals surface area contributed by atoms with Crippen LogP contribution in [0.2, 0.25) is 0 Å². The zero-order chi connectivity index (χ0) is 19.2. The summed E-state index contributed by atoms with van der Waals surface area (Å²) < 4.78 is 10.6. The molecule has 27 heavy (non-hydrogen) atoms. The first-order valence-corrected chi connectivity index (χ1v) is 8.65. The van der Waals surface area contributed by atoms with Gasteiger partial charge in [-0.25, -0.2) is 9.78 Å². The van der Waals surface area contributed by atoms with Gasteiger partial charge in [0.25, 0.3) is 0 Å². The quantitative estimate of drug-likeness (QED) is 0.669. The topological polar surface area (TPSA) is 81.4 Å². The first kappa shape index (κ1) is 18.4. The number of hydrogen-bond donors (Lipinski definition) is 1. The molecule has 1 aromatic heterocycles. The third-order valence-electron chi connectivity index (χ3n) is 3.92. The van der Waals surface area contributed by atoms with E-state index in [9.17, 15) is 9.59 Å². The van der Waals surface area contributed by atoms with Crippen molar-refractivity contribution < 1.29 is 18.7 Å². The Labute approximate surface area is 157 Å². The Balaban J connectivity index is 1.64.